The van der Waals surface area contributed by atoms with E-state index in [1.165, 1.54) is 6.20 Å². The monoisotopic (exact) mass is 343 g/mol. The molecular weight excluding hydrogens is 333 g/mol. The number of pyridine rings is 2. The van der Waals surface area contributed by atoms with Gasteiger partial charge in [0.2, 0.25) is 0 Å². The number of nitrogens with one attached hydrogen (secondary N) is 1. The Hall–Kier alpha value is -2.43. The van der Waals surface area contributed by atoms with Crippen LogP contribution in [-0.2, 0) is 0 Å². The van der Waals surface area contributed by atoms with Crippen molar-refractivity contribution in [2.45, 2.75) is 0 Å². The summed E-state index contributed by atoms with van der Waals surface area (Å²) in [5, 5.41) is 3.50. The highest BCUT2D eigenvalue weighted by Gasteiger charge is 2.12. The van der Waals surface area contributed by atoms with E-state index in [1.807, 2.05) is 18.2 Å². The van der Waals surface area contributed by atoms with Crippen LogP contribution in [0.2, 0.25) is 10.2 Å². The summed E-state index contributed by atoms with van der Waals surface area (Å²) in [6.07, 6.45) is 3.22. The van der Waals surface area contributed by atoms with Crippen molar-refractivity contribution < 1.29 is 4.79 Å². The summed E-state index contributed by atoms with van der Waals surface area (Å²) in [5.41, 5.74) is 2.37. The molecule has 4 nitrogen and oxygen atoms in total. The highest BCUT2D eigenvalue weighted by Crippen LogP contribution is 2.29. The van der Waals surface area contributed by atoms with Crippen molar-refractivity contribution in [2.24, 2.45) is 0 Å². The van der Waals surface area contributed by atoms with Gasteiger partial charge in [-0.2, -0.15) is 0 Å². The third-order valence-corrected chi connectivity index (χ3v) is 3.80. The van der Waals surface area contributed by atoms with Crippen LogP contribution in [0.4, 0.5) is 5.69 Å². The van der Waals surface area contributed by atoms with Crippen LogP contribution in [0.25, 0.3) is 11.3 Å². The number of hydrogen-bond acceptors (Lipinski definition) is 3. The topological polar surface area (TPSA) is 54.9 Å². The number of nitrogens with zero attached hydrogens (tertiary/aromatic N) is 2. The lowest BCUT2D eigenvalue weighted by Gasteiger charge is -2.09. The summed E-state index contributed by atoms with van der Waals surface area (Å²) in [4.78, 5) is 20.5. The van der Waals surface area contributed by atoms with Crippen LogP contribution >= 0.6 is 23.2 Å². The molecule has 0 aliphatic rings. The van der Waals surface area contributed by atoms with Gasteiger partial charge in [0, 0.05) is 23.6 Å². The zero-order chi connectivity index (χ0) is 16.2. The summed E-state index contributed by atoms with van der Waals surface area (Å²) in [7, 11) is 0. The van der Waals surface area contributed by atoms with Gasteiger partial charge in [-0.25, -0.2) is 4.98 Å². The van der Waals surface area contributed by atoms with Crippen molar-refractivity contribution in [1.29, 1.82) is 0 Å². The average molecular weight is 344 g/mol. The van der Waals surface area contributed by atoms with Crippen molar-refractivity contribution in [3.63, 3.8) is 0 Å². The molecule has 0 fully saturated rings. The number of rotatable bonds is 3. The van der Waals surface area contributed by atoms with E-state index < -0.39 is 0 Å². The summed E-state index contributed by atoms with van der Waals surface area (Å²) in [6, 6.07) is 14.0. The lowest BCUT2D eigenvalue weighted by atomic mass is 10.1. The molecule has 1 N–H and O–H groups in total. The number of halogens is 2. The Morgan fingerprint density at radius 1 is 0.957 bits per heavy atom. The van der Waals surface area contributed by atoms with E-state index in [0.29, 0.717) is 16.3 Å². The molecule has 0 saturated heterocycles. The molecule has 2 heterocycles. The van der Waals surface area contributed by atoms with Gasteiger partial charge in [-0.15, -0.1) is 0 Å². The first-order chi connectivity index (χ1) is 11.1. The molecule has 2 aromatic heterocycles. The van der Waals surface area contributed by atoms with Gasteiger partial charge in [0.15, 0.2) is 0 Å². The molecule has 6 heteroatoms. The number of carbonyl (C=O) groups excluding carboxylic acids is 1. The SMILES string of the molecule is O=C(Nc1ccc(Cl)c(-c2ccccn2)c1)c1cccnc1Cl. The molecule has 0 aliphatic heterocycles. The number of carbonyl (C=O) groups is 1. The van der Waals surface area contributed by atoms with Crippen molar-refractivity contribution in [3.8, 4) is 11.3 Å². The Bertz CT molecular complexity index is 853. The second-order valence-electron chi connectivity index (χ2n) is 4.71. The minimum atomic E-state index is -0.336. The standard InChI is InChI=1S/C17H11Cl2N3O/c18-14-7-6-11(10-13(14)15-5-1-2-8-20-15)22-17(23)12-4-3-9-21-16(12)19/h1-10H,(H,22,23). The Morgan fingerprint density at radius 3 is 2.52 bits per heavy atom. The minimum absolute atomic E-state index is 0.156. The lowest BCUT2D eigenvalue weighted by Crippen LogP contribution is -2.12. The van der Waals surface area contributed by atoms with Crippen molar-refractivity contribution in [3.05, 3.63) is 76.7 Å². The summed E-state index contributed by atoms with van der Waals surface area (Å²) < 4.78 is 0. The van der Waals surface area contributed by atoms with Crippen LogP contribution in [0.1, 0.15) is 10.4 Å². The van der Waals surface area contributed by atoms with Crippen LogP contribution in [0.15, 0.2) is 60.9 Å². The van der Waals surface area contributed by atoms with Crippen molar-refractivity contribution >= 4 is 34.8 Å². The molecule has 0 bridgehead atoms. The lowest BCUT2D eigenvalue weighted by molar-refractivity contribution is 0.102. The number of hydrogen-bond donors (Lipinski definition) is 1. The first-order valence-electron chi connectivity index (χ1n) is 6.78. The third-order valence-electron chi connectivity index (χ3n) is 3.17. The zero-order valence-electron chi connectivity index (χ0n) is 11.8. The predicted octanol–water partition coefficient (Wildman–Crippen LogP) is 4.70. The fraction of sp³-hybridized carbons (Fsp3) is 0. The van der Waals surface area contributed by atoms with E-state index in [2.05, 4.69) is 15.3 Å². The van der Waals surface area contributed by atoms with E-state index in [4.69, 9.17) is 23.2 Å². The molecular formula is C17H11Cl2N3O. The second-order valence-corrected chi connectivity index (χ2v) is 5.47. The Labute approximate surface area is 143 Å². The van der Waals surface area contributed by atoms with Gasteiger partial charge in [-0.1, -0.05) is 29.3 Å². The van der Waals surface area contributed by atoms with Gasteiger partial charge < -0.3 is 5.32 Å². The van der Waals surface area contributed by atoms with Gasteiger partial charge in [0.1, 0.15) is 5.15 Å². The predicted molar refractivity (Wildman–Crippen MR) is 91.9 cm³/mol. The third kappa shape index (κ3) is 3.50. The fourth-order valence-electron chi connectivity index (χ4n) is 2.08. The van der Waals surface area contributed by atoms with E-state index in [0.717, 1.165) is 11.3 Å². The van der Waals surface area contributed by atoms with Crippen molar-refractivity contribution in [1.82, 2.24) is 9.97 Å². The highest BCUT2D eigenvalue weighted by atomic mass is 35.5. The number of amides is 1. The van der Waals surface area contributed by atoms with E-state index in [-0.39, 0.29) is 11.1 Å². The van der Waals surface area contributed by atoms with Crippen LogP contribution in [0.5, 0.6) is 0 Å². The average Bonchev–Trinajstić information content (AvgIpc) is 2.57. The van der Waals surface area contributed by atoms with Gasteiger partial charge in [-0.05, 0) is 42.5 Å². The first-order valence-corrected chi connectivity index (χ1v) is 7.53. The molecule has 0 saturated carbocycles. The van der Waals surface area contributed by atoms with E-state index in [9.17, 15) is 4.79 Å². The Kier molecular flexibility index (Phi) is 4.55. The molecule has 1 aromatic carbocycles. The Balaban J connectivity index is 1.90. The zero-order valence-corrected chi connectivity index (χ0v) is 13.3. The normalized spacial score (nSPS) is 10.3. The maximum atomic E-state index is 12.3. The molecule has 0 unspecified atom stereocenters. The van der Waals surface area contributed by atoms with E-state index >= 15 is 0 Å². The largest absolute Gasteiger partial charge is 0.322 e. The van der Waals surface area contributed by atoms with E-state index in [1.54, 1.807) is 36.5 Å². The van der Waals surface area contributed by atoms with Gasteiger partial charge in [-0.3, -0.25) is 9.78 Å². The van der Waals surface area contributed by atoms with Gasteiger partial charge in [0.05, 0.1) is 16.3 Å². The molecule has 3 aromatic rings. The maximum Gasteiger partial charge on any atom is 0.258 e. The first kappa shape index (κ1) is 15.5. The van der Waals surface area contributed by atoms with Gasteiger partial charge in [0.25, 0.3) is 5.91 Å². The highest BCUT2D eigenvalue weighted by molar-refractivity contribution is 6.34. The molecule has 114 valence electrons. The maximum absolute atomic E-state index is 12.3. The number of anilines is 1. The van der Waals surface area contributed by atoms with Gasteiger partial charge >= 0.3 is 0 Å². The smallest absolute Gasteiger partial charge is 0.258 e. The molecule has 3 rings (SSSR count). The van der Waals surface area contributed by atoms with Crippen LogP contribution < -0.4 is 5.32 Å². The summed E-state index contributed by atoms with van der Waals surface area (Å²) >= 11 is 12.2. The summed E-state index contributed by atoms with van der Waals surface area (Å²) in [6.45, 7) is 0. The van der Waals surface area contributed by atoms with Crippen molar-refractivity contribution in [2.75, 3.05) is 5.32 Å². The molecule has 0 radical (unpaired) electrons. The number of aromatic nitrogens is 2. The Morgan fingerprint density at radius 2 is 1.78 bits per heavy atom. The van der Waals surface area contributed by atoms with Crippen LogP contribution in [0, 0.1) is 0 Å². The van der Waals surface area contributed by atoms with Crippen LogP contribution in [0.3, 0.4) is 0 Å². The second kappa shape index (κ2) is 6.77. The molecule has 0 atom stereocenters. The quantitative estimate of drug-likeness (QED) is 0.701. The molecule has 0 spiro atoms. The number of benzene rings is 1. The summed E-state index contributed by atoms with van der Waals surface area (Å²) in [5.74, 6) is -0.336. The minimum Gasteiger partial charge on any atom is -0.322 e. The molecule has 0 aliphatic carbocycles. The molecule has 23 heavy (non-hydrogen) atoms. The van der Waals surface area contributed by atoms with Crippen LogP contribution in [-0.4, -0.2) is 15.9 Å². The molecule has 1 amide bonds. The fourth-order valence-corrected chi connectivity index (χ4v) is 2.49.